The van der Waals surface area contributed by atoms with E-state index in [1.54, 1.807) is 10.9 Å². The Morgan fingerprint density at radius 1 is 1.26 bits per heavy atom. The van der Waals surface area contributed by atoms with Crippen molar-refractivity contribution in [1.29, 1.82) is 0 Å². The normalized spacial score (nSPS) is 11.0. The van der Waals surface area contributed by atoms with E-state index in [9.17, 15) is 9.59 Å². The van der Waals surface area contributed by atoms with Gasteiger partial charge in [-0.15, -0.1) is 11.3 Å². The zero-order valence-corrected chi connectivity index (χ0v) is 15.3. The summed E-state index contributed by atoms with van der Waals surface area (Å²) in [6.07, 6.45) is 3.70. The summed E-state index contributed by atoms with van der Waals surface area (Å²) in [5.74, 6) is 0.263. The number of H-pyrrole nitrogens is 1. The number of aromatic amines is 1. The smallest absolute Gasteiger partial charge is 0.262 e. The van der Waals surface area contributed by atoms with E-state index in [-0.39, 0.29) is 17.9 Å². The molecule has 0 spiro atoms. The van der Waals surface area contributed by atoms with Crippen LogP contribution in [0.15, 0.2) is 47.5 Å². The van der Waals surface area contributed by atoms with Crippen LogP contribution in [0, 0.1) is 6.92 Å². The van der Waals surface area contributed by atoms with Gasteiger partial charge < -0.3 is 10.3 Å². The number of aromatic nitrogens is 5. The summed E-state index contributed by atoms with van der Waals surface area (Å²) in [5.41, 5.74) is 1.01. The van der Waals surface area contributed by atoms with Crippen LogP contribution in [0.25, 0.3) is 16.7 Å². The van der Waals surface area contributed by atoms with E-state index in [2.05, 4.69) is 25.4 Å². The zero-order chi connectivity index (χ0) is 18.8. The topological polar surface area (TPSA) is 106 Å². The minimum atomic E-state index is -0.270. The molecule has 0 saturated heterocycles. The monoisotopic (exact) mass is 380 g/mol. The van der Waals surface area contributed by atoms with Crippen LogP contribution in [-0.2, 0) is 11.2 Å². The first kappa shape index (κ1) is 17.1. The summed E-state index contributed by atoms with van der Waals surface area (Å²) in [4.78, 5) is 36.8. The van der Waals surface area contributed by atoms with Gasteiger partial charge in [-0.3, -0.25) is 9.59 Å². The number of nitrogens with one attached hydrogen (secondary N) is 2. The van der Waals surface area contributed by atoms with Crippen molar-refractivity contribution in [1.82, 2.24) is 24.7 Å². The molecule has 8 nitrogen and oxygen atoms in total. The quantitative estimate of drug-likeness (QED) is 0.553. The number of rotatable bonds is 5. The number of nitrogens with zero attached hydrogens (tertiary/aromatic N) is 4. The number of para-hydroxylation sites is 1. The number of carbonyl (C=O) groups is 1. The lowest BCUT2D eigenvalue weighted by molar-refractivity contribution is -0.116. The fourth-order valence-corrected chi connectivity index (χ4v) is 3.35. The van der Waals surface area contributed by atoms with E-state index in [1.165, 1.54) is 17.5 Å². The largest absolute Gasteiger partial charge is 0.310 e. The third-order valence-electron chi connectivity index (χ3n) is 3.94. The van der Waals surface area contributed by atoms with Crippen LogP contribution >= 0.6 is 11.3 Å². The molecule has 4 aromatic rings. The van der Waals surface area contributed by atoms with Crippen LogP contribution in [0.2, 0.25) is 0 Å². The second-order valence-corrected chi connectivity index (χ2v) is 7.20. The van der Waals surface area contributed by atoms with Gasteiger partial charge in [-0.2, -0.15) is 5.10 Å². The molecule has 0 atom stereocenters. The van der Waals surface area contributed by atoms with Crippen LogP contribution in [-0.4, -0.2) is 30.6 Å². The SMILES string of the molecule is Cc1cnc(NC(=O)CCc2nc3c(cnn3-c3ccccc3)c(=O)[nH]2)s1. The summed E-state index contributed by atoms with van der Waals surface area (Å²) < 4.78 is 1.62. The molecule has 1 aromatic carbocycles. The number of anilines is 1. The Labute approximate surface area is 157 Å². The average molecular weight is 380 g/mol. The molecule has 0 bridgehead atoms. The van der Waals surface area contributed by atoms with Crippen molar-refractivity contribution in [2.75, 3.05) is 5.32 Å². The molecule has 4 rings (SSSR count). The van der Waals surface area contributed by atoms with Crippen molar-refractivity contribution in [3.05, 3.63) is 63.8 Å². The standard InChI is InChI=1S/C18H16N6O2S/c1-11-9-19-18(27-11)23-15(25)8-7-14-21-16-13(17(26)22-14)10-20-24(16)12-5-3-2-4-6-12/h2-6,9-10H,7-8H2,1H3,(H,19,23,25)(H,21,22,26). The first-order valence-electron chi connectivity index (χ1n) is 8.35. The maximum atomic E-state index is 12.3. The van der Waals surface area contributed by atoms with Gasteiger partial charge in [0.2, 0.25) is 5.91 Å². The van der Waals surface area contributed by atoms with Crippen molar-refractivity contribution in [2.24, 2.45) is 0 Å². The highest BCUT2D eigenvalue weighted by Crippen LogP contribution is 2.17. The fraction of sp³-hybridized carbons (Fsp3) is 0.167. The molecule has 0 unspecified atom stereocenters. The van der Waals surface area contributed by atoms with Crippen molar-refractivity contribution in [2.45, 2.75) is 19.8 Å². The highest BCUT2D eigenvalue weighted by Gasteiger charge is 2.13. The van der Waals surface area contributed by atoms with Gasteiger partial charge in [0.15, 0.2) is 10.8 Å². The lowest BCUT2D eigenvalue weighted by atomic mass is 10.2. The van der Waals surface area contributed by atoms with Gasteiger partial charge in [0, 0.05) is 23.9 Å². The highest BCUT2D eigenvalue weighted by molar-refractivity contribution is 7.15. The van der Waals surface area contributed by atoms with Crippen LogP contribution in [0.1, 0.15) is 17.1 Å². The number of amides is 1. The van der Waals surface area contributed by atoms with Crippen molar-refractivity contribution in [3.63, 3.8) is 0 Å². The number of hydrogen-bond acceptors (Lipinski definition) is 6. The van der Waals surface area contributed by atoms with Crippen LogP contribution in [0.4, 0.5) is 5.13 Å². The molecule has 0 saturated carbocycles. The van der Waals surface area contributed by atoms with Crippen LogP contribution in [0.3, 0.4) is 0 Å². The number of benzene rings is 1. The van der Waals surface area contributed by atoms with Crippen LogP contribution in [0.5, 0.6) is 0 Å². The molecule has 0 aliphatic heterocycles. The second-order valence-electron chi connectivity index (χ2n) is 5.97. The molecule has 1 amide bonds. The Balaban J connectivity index is 1.55. The molecule has 9 heteroatoms. The Bertz CT molecular complexity index is 1160. The number of fused-ring (bicyclic) bond motifs is 1. The summed E-state index contributed by atoms with van der Waals surface area (Å²) in [5, 5.41) is 7.99. The van der Waals surface area contributed by atoms with E-state index in [1.807, 2.05) is 37.3 Å². The van der Waals surface area contributed by atoms with Gasteiger partial charge in [-0.1, -0.05) is 18.2 Å². The maximum Gasteiger partial charge on any atom is 0.262 e. The molecule has 0 fully saturated rings. The van der Waals surface area contributed by atoms with Gasteiger partial charge in [-0.25, -0.2) is 14.6 Å². The Morgan fingerprint density at radius 3 is 2.81 bits per heavy atom. The number of thiazole rings is 1. The Kier molecular flexibility index (Phi) is 4.51. The number of aryl methyl sites for hydroxylation is 2. The molecule has 0 aliphatic carbocycles. The van der Waals surface area contributed by atoms with E-state index in [4.69, 9.17) is 0 Å². The summed E-state index contributed by atoms with van der Waals surface area (Å²) in [7, 11) is 0. The van der Waals surface area contributed by atoms with Crippen molar-refractivity contribution in [3.8, 4) is 5.69 Å². The van der Waals surface area contributed by atoms with Gasteiger partial charge in [0.1, 0.15) is 11.2 Å². The molecule has 136 valence electrons. The van der Waals surface area contributed by atoms with Crippen LogP contribution < -0.4 is 10.9 Å². The third-order valence-corrected chi connectivity index (χ3v) is 4.77. The fourth-order valence-electron chi connectivity index (χ4n) is 2.67. The van der Waals surface area contributed by atoms with E-state index in [0.29, 0.717) is 28.4 Å². The molecule has 27 heavy (non-hydrogen) atoms. The van der Waals surface area contributed by atoms with Gasteiger partial charge in [-0.05, 0) is 19.1 Å². The van der Waals surface area contributed by atoms with Gasteiger partial charge >= 0.3 is 0 Å². The second kappa shape index (κ2) is 7.12. The first-order valence-corrected chi connectivity index (χ1v) is 9.16. The molecule has 0 radical (unpaired) electrons. The van der Waals surface area contributed by atoms with Crippen molar-refractivity contribution >= 4 is 33.4 Å². The minimum absolute atomic E-state index is 0.177. The van der Waals surface area contributed by atoms with E-state index < -0.39 is 0 Å². The lowest BCUT2D eigenvalue weighted by Gasteiger charge is -2.05. The molecule has 3 aromatic heterocycles. The van der Waals surface area contributed by atoms with Gasteiger partial charge in [0.05, 0.1) is 11.9 Å². The summed E-state index contributed by atoms with van der Waals surface area (Å²) in [6.45, 7) is 1.92. The summed E-state index contributed by atoms with van der Waals surface area (Å²) in [6, 6.07) is 9.46. The zero-order valence-electron chi connectivity index (χ0n) is 14.5. The number of hydrogen-bond donors (Lipinski definition) is 2. The molecular formula is C18H16N6O2S. The molecule has 0 aliphatic rings. The molecule has 3 heterocycles. The average Bonchev–Trinajstić information content (AvgIpc) is 3.27. The summed E-state index contributed by atoms with van der Waals surface area (Å²) >= 11 is 1.41. The minimum Gasteiger partial charge on any atom is -0.310 e. The van der Waals surface area contributed by atoms with E-state index in [0.717, 1.165) is 10.6 Å². The lowest BCUT2D eigenvalue weighted by Crippen LogP contribution is -2.16. The predicted octanol–water partition coefficient (Wildman–Crippen LogP) is 2.45. The van der Waals surface area contributed by atoms with Gasteiger partial charge in [0.25, 0.3) is 5.56 Å². The Morgan fingerprint density at radius 2 is 2.07 bits per heavy atom. The van der Waals surface area contributed by atoms with Crippen molar-refractivity contribution < 1.29 is 4.79 Å². The third kappa shape index (κ3) is 3.63. The first-order chi connectivity index (χ1) is 13.1. The highest BCUT2D eigenvalue weighted by atomic mass is 32.1. The molecule has 2 N–H and O–H groups in total. The Hall–Kier alpha value is -3.33. The maximum absolute atomic E-state index is 12.3. The number of carbonyl (C=O) groups excluding carboxylic acids is 1. The van der Waals surface area contributed by atoms with E-state index >= 15 is 0 Å². The predicted molar refractivity (Wildman–Crippen MR) is 103 cm³/mol. The molecular weight excluding hydrogens is 364 g/mol.